The van der Waals surface area contributed by atoms with Gasteiger partial charge in [-0.2, -0.15) is 0 Å². The summed E-state index contributed by atoms with van der Waals surface area (Å²) in [5.41, 5.74) is 13.3. The molecule has 11 heavy (non-hydrogen) atoms. The molecule has 0 spiro atoms. The van der Waals surface area contributed by atoms with Crippen LogP contribution < -0.4 is 5.73 Å². The average molecular weight is 153 g/mol. The Kier molecular flexibility index (Phi) is 2.74. The fourth-order valence-electron chi connectivity index (χ4n) is 1.29. The van der Waals surface area contributed by atoms with Crippen LogP contribution in [-0.4, -0.2) is 12.0 Å². The summed E-state index contributed by atoms with van der Waals surface area (Å²) in [5, 5.41) is 3.20. The third-order valence-corrected chi connectivity index (χ3v) is 1.79. The molecule has 5 heteroatoms. The maximum absolute atomic E-state index is 8.01. The molecule has 0 radical (unpaired) electrons. The highest BCUT2D eigenvalue weighted by atomic mass is 15.2. The van der Waals surface area contributed by atoms with Gasteiger partial charge in [0.05, 0.1) is 6.04 Å². The van der Waals surface area contributed by atoms with Gasteiger partial charge in [-0.3, -0.25) is 4.99 Å². The van der Waals surface area contributed by atoms with Crippen LogP contribution in [0.5, 0.6) is 0 Å². The summed E-state index contributed by atoms with van der Waals surface area (Å²) in [6, 6.07) is 0.292. The summed E-state index contributed by atoms with van der Waals surface area (Å²) in [6.07, 6.45) is 4.55. The number of hydrogen-bond acceptors (Lipinski definition) is 1. The van der Waals surface area contributed by atoms with Crippen molar-refractivity contribution in [2.45, 2.75) is 31.7 Å². The van der Waals surface area contributed by atoms with E-state index in [0.717, 1.165) is 12.8 Å². The van der Waals surface area contributed by atoms with Crippen LogP contribution in [0.2, 0.25) is 0 Å². The molecular formula is C6H11N5. The van der Waals surface area contributed by atoms with Gasteiger partial charge in [0, 0.05) is 4.91 Å². The van der Waals surface area contributed by atoms with E-state index in [1.54, 1.807) is 0 Å². The summed E-state index contributed by atoms with van der Waals surface area (Å²) in [6.45, 7) is 0. The minimum atomic E-state index is 0.0689. The molecule has 1 aliphatic rings. The molecule has 0 aromatic carbocycles. The van der Waals surface area contributed by atoms with Crippen LogP contribution in [0, 0.1) is 0 Å². The summed E-state index contributed by atoms with van der Waals surface area (Å²) >= 11 is 0. The van der Waals surface area contributed by atoms with Crippen LogP contribution in [0.4, 0.5) is 0 Å². The van der Waals surface area contributed by atoms with Gasteiger partial charge in [-0.15, -0.1) is 0 Å². The predicted octanol–water partition coefficient (Wildman–Crippen LogP) is 1.55. The van der Waals surface area contributed by atoms with Crippen LogP contribution in [0.3, 0.4) is 0 Å². The molecule has 1 aliphatic carbocycles. The van der Waals surface area contributed by atoms with Crippen molar-refractivity contribution in [2.75, 3.05) is 0 Å². The number of guanidine groups is 1. The number of azide groups is 1. The molecule has 0 aliphatic heterocycles. The Morgan fingerprint density at radius 1 is 1.45 bits per heavy atom. The molecule has 1 saturated carbocycles. The van der Waals surface area contributed by atoms with Gasteiger partial charge in [0.2, 0.25) is 0 Å². The molecule has 0 aromatic heterocycles. The molecule has 0 atom stereocenters. The van der Waals surface area contributed by atoms with Crippen molar-refractivity contribution in [1.29, 1.82) is 0 Å². The fraction of sp³-hybridized carbons (Fsp3) is 0.833. The van der Waals surface area contributed by atoms with Gasteiger partial charge in [0.1, 0.15) is 0 Å². The van der Waals surface area contributed by atoms with Gasteiger partial charge in [0.15, 0.2) is 5.96 Å². The summed E-state index contributed by atoms with van der Waals surface area (Å²) in [7, 11) is 0. The Morgan fingerprint density at radius 2 is 2.09 bits per heavy atom. The zero-order valence-electron chi connectivity index (χ0n) is 6.27. The van der Waals surface area contributed by atoms with Crippen molar-refractivity contribution < 1.29 is 0 Å². The average Bonchev–Trinajstić information content (AvgIpc) is 2.40. The van der Waals surface area contributed by atoms with E-state index in [0.29, 0.717) is 6.04 Å². The van der Waals surface area contributed by atoms with Crippen LogP contribution >= 0.6 is 0 Å². The molecule has 1 fully saturated rings. The fourth-order valence-corrected chi connectivity index (χ4v) is 1.29. The van der Waals surface area contributed by atoms with Crippen molar-refractivity contribution >= 4 is 5.96 Å². The smallest absolute Gasteiger partial charge is 0.183 e. The van der Waals surface area contributed by atoms with Gasteiger partial charge in [-0.25, -0.2) is 0 Å². The number of rotatable bonds is 1. The summed E-state index contributed by atoms with van der Waals surface area (Å²) in [5.74, 6) is 0.0689. The van der Waals surface area contributed by atoms with Crippen molar-refractivity contribution in [2.24, 2.45) is 15.8 Å². The maximum atomic E-state index is 8.01. The maximum Gasteiger partial charge on any atom is 0.183 e. The predicted molar refractivity (Wildman–Crippen MR) is 43.0 cm³/mol. The van der Waals surface area contributed by atoms with E-state index >= 15 is 0 Å². The van der Waals surface area contributed by atoms with Crippen LogP contribution in [0.1, 0.15) is 25.7 Å². The van der Waals surface area contributed by atoms with E-state index in [1.807, 2.05) is 0 Å². The van der Waals surface area contributed by atoms with E-state index in [4.69, 9.17) is 11.3 Å². The van der Waals surface area contributed by atoms with Crippen LogP contribution in [-0.2, 0) is 0 Å². The second-order valence-corrected chi connectivity index (χ2v) is 2.62. The minimum Gasteiger partial charge on any atom is -0.382 e. The summed E-state index contributed by atoms with van der Waals surface area (Å²) in [4.78, 5) is 6.59. The molecule has 0 saturated heterocycles. The number of nitrogens with two attached hydrogens (primary N) is 1. The lowest BCUT2D eigenvalue weighted by Gasteiger charge is -2.00. The molecule has 0 bridgehead atoms. The van der Waals surface area contributed by atoms with Crippen molar-refractivity contribution in [3.63, 3.8) is 0 Å². The quantitative estimate of drug-likeness (QED) is 0.200. The SMILES string of the molecule is [N-]=[N+]=NC(N)=NC1CCCC1. The first-order chi connectivity index (χ1) is 5.33. The Bertz CT molecular complexity index is 197. The number of aliphatic imine (C=N–C) groups is 1. The van der Waals surface area contributed by atoms with E-state index in [2.05, 4.69) is 15.0 Å². The first-order valence-corrected chi connectivity index (χ1v) is 3.71. The highest BCUT2D eigenvalue weighted by Crippen LogP contribution is 2.20. The monoisotopic (exact) mass is 153 g/mol. The lowest BCUT2D eigenvalue weighted by atomic mass is 10.3. The molecule has 1 rings (SSSR count). The molecule has 0 amide bonds. The first kappa shape index (κ1) is 7.88. The molecule has 60 valence electrons. The molecule has 2 N–H and O–H groups in total. The summed E-state index contributed by atoms with van der Waals surface area (Å²) < 4.78 is 0. The van der Waals surface area contributed by atoms with Crippen molar-refractivity contribution in [3.8, 4) is 0 Å². The van der Waals surface area contributed by atoms with Gasteiger partial charge >= 0.3 is 0 Å². The zero-order chi connectivity index (χ0) is 8.10. The Morgan fingerprint density at radius 3 is 2.64 bits per heavy atom. The molecular weight excluding hydrogens is 142 g/mol. The Balaban J connectivity index is 2.48. The lowest BCUT2D eigenvalue weighted by Crippen LogP contribution is -2.11. The van der Waals surface area contributed by atoms with Gasteiger partial charge < -0.3 is 5.73 Å². The normalized spacial score (nSPS) is 19.8. The minimum absolute atomic E-state index is 0.0689. The largest absolute Gasteiger partial charge is 0.382 e. The number of hydrogen-bond donors (Lipinski definition) is 1. The molecule has 0 unspecified atom stereocenters. The van der Waals surface area contributed by atoms with E-state index in [-0.39, 0.29) is 5.96 Å². The highest BCUT2D eigenvalue weighted by molar-refractivity contribution is 5.78. The second-order valence-electron chi connectivity index (χ2n) is 2.62. The van der Waals surface area contributed by atoms with E-state index < -0.39 is 0 Å². The van der Waals surface area contributed by atoms with E-state index in [1.165, 1.54) is 12.8 Å². The van der Waals surface area contributed by atoms with Crippen molar-refractivity contribution in [1.82, 2.24) is 0 Å². The first-order valence-electron chi connectivity index (χ1n) is 3.71. The van der Waals surface area contributed by atoms with E-state index in [9.17, 15) is 0 Å². The third kappa shape index (κ3) is 2.47. The Hall–Kier alpha value is -1.22. The molecule has 5 nitrogen and oxygen atoms in total. The topological polar surface area (TPSA) is 87.1 Å². The number of nitrogens with zero attached hydrogens (tertiary/aromatic N) is 4. The van der Waals surface area contributed by atoms with Gasteiger partial charge in [-0.1, -0.05) is 12.8 Å². The van der Waals surface area contributed by atoms with Gasteiger partial charge in [-0.05, 0) is 23.5 Å². The van der Waals surface area contributed by atoms with Crippen molar-refractivity contribution in [3.05, 3.63) is 10.4 Å². The lowest BCUT2D eigenvalue weighted by molar-refractivity contribution is 0.704. The second kappa shape index (κ2) is 3.83. The molecule has 0 heterocycles. The standard InChI is InChI=1S/C6H11N5/c7-6(10-11-8)9-5-3-1-2-4-5/h5H,1-4H2,(H2,7,9). The Labute approximate surface area is 64.9 Å². The van der Waals surface area contributed by atoms with Crippen LogP contribution in [0.25, 0.3) is 10.4 Å². The third-order valence-electron chi connectivity index (χ3n) is 1.79. The zero-order valence-corrected chi connectivity index (χ0v) is 6.27. The highest BCUT2D eigenvalue weighted by Gasteiger charge is 2.13. The van der Waals surface area contributed by atoms with Gasteiger partial charge in [0.25, 0.3) is 0 Å². The van der Waals surface area contributed by atoms with Crippen LogP contribution in [0.15, 0.2) is 10.1 Å². The molecule has 0 aromatic rings.